The molecule has 0 saturated heterocycles. The zero-order valence-electron chi connectivity index (χ0n) is 38.3. The number of carbonyl (C=O) groups excluding carboxylic acids is 2. The van der Waals surface area contributed by atoms with Crippen molar-refractivity contribution >= 4 is 25.7 Å². The quantitative estimate of drug-likeness (QED) is 0.0230. The van der Waals surface area contributed by atoms with Crippen LogP contribution in [-0.4, -0.2) is 59.9 Å². The lowest BCUT2D eigenvalue weighted by Gasteiger charge is -2.20. The van der Waals surface area contributed by atoms with E-state index in [-0.39, 0.29) is 19.4 Å². The van der Waals surface area contributed by atoms with Crippen molar-refractivity contribution in [2.24, 2.45) is 5.73 Å². The van der Waals surface area contributed by atoms with Crippen molar-refractivity contribution in [3.05, 3.63) is 24.3 Å². The van der Waals surface area contributed by atoms with E-state index in [2.05, 4.69) is 42.7 Å². The SMILES string of the molecule is CCCC/C=C/CCCCCCCCCCCC(=O)O[C@@H](COC(=O)CCCCCCCCCCCCC/C=C/CCCCCCCC)COP(=O)(O)OC[C@H](N)C(=O)O. The third-order valence-electron chi connectivity index (χ3n) is 10.7. The van der Waals surface area contributed by atoms with E-state index in [1.807, 2.05) is 0 Å². The molecule has 11 nitrogen and oxygen atoms in total. The van der Waals surface area contributed by atoms with E-state index < -0.39 is 51.1 Å². The van der Waals surface area contributed by atoms with Crippen LogP contribution < -0.4 is 5.73 Å². The van der Waals surface area contributed by atoms with Crippen molar-refractivity contribution < 1.29 is 47.5 Å². The number of carboxylic acid groups (broad SMARTS) is 1. The maximum Gasteiger partial charge on any atom is 0.472 e. The van der Waals surface area contributed by atoms with E-state index in [1.165, 1.54) is 154 Å². The molecule has 0 radical (unpaired) electrons. The highest BCUT2D eigenvalue weighted by Gasteiger charge is 2.28. The number of phosphoric ester groups is 1. The van der Waals surface area contributed by atoms with Crippen LogP contribution in [-0.2, 0) is 37.5 Å². The Labute approximate surface area is 366 Å². The number of nitrogens with two attached hydrogens (primary N) is 1. The first-order valence-corrected chi connectivity index (χ1v) is 25.9. The molecule has 352 valence electrons. The van der Waals surface area contributed by atoms with Gasteiger partial charge in [-0.05, 0) is 57.8 Å². The summed E-state index contributed by atoms with van der Waals surface area (Å²) in [6, 6.07) is -1.52. The van der Waals surface area contributed by atoms with Gasteiger partial charge in [-0.2, -0.15) is 0 Å². The topological polar surface area (TPSA) is 172 Å². The van der Waals surface area contributed by atoms with Crippen LogP contribution in [0.15, 0.2) is 24.3 Å². The van der Waals surface area contributed by atoms with Crippen LogP contribution in [0.1, 0.15) is 232 Å². The average molecular weight is 872 g/mol. The summed E-state index contributed by atoms with van der Waals surface area (Å²) in [7, 11) is -4.72. The zero-order valence-corrected chi connectivity index (χ0v) is 39.2. The van der Waals surface area contributed by atoms with E-state index >= 15 is 0 Å². The number of rotatable bonds is 46. The van der Waals surface area contributed by atoms with Crippen LogP contribution in [0.3, 0.4) is 0 Å². The van der Waals surface area contributed by atoms with E-state index in [9.17, 15) is 23.8 Å². The van der Waals surface area contributed by atoms with Crippen molar-refractivity contribution in [3.8, 4) is 0 Å². The van der Waals surface area contributed by atoms with Gasteiger partial charge in [0.15, 0.2) is 6.10 Å². The monoisotopic (exact) mass is 872 g/mol. The Morgan fingerprint density at radius 3 is 1.27 bits per heavy atom. The lowest BCUT2D eigenvalue weighted by Crippen LogP contribution is -2.34. The van der Waals surface area contributed by atoms with E-state index in [0.717, 1.165) is 38.5 Å². The third-order valence-corrected chi connectivity index (χ3v) is 11.6. The highest BCUT2D eigenvalue weighted by molar-refractivity contribution is 7.47. The molecule has 0 amide bonds. The van der Waals surface area contributed by atoms with Gasteiger partial charge in [-0.15, -0.1) is 0 Å². The minimum absolute atomic E-state index is 0.161. The minimum Gasteiger partial charge on any atom is -0.480 e. The highest BCUT2D eigenvalue weighted by atomic mass is 31.2. The molecule has 0 saturated carbocycles. The molecule has 0 bridgehead atoms. The number of carbonyl (C=O) groups is 3. The fraction of sp³-hybridized carbons (Fsp3) is 0.854. The Bertz CT molecular complexity index is 1120. The Hall–Kier alpha value is -2.04. The number of ether oxygens (including phenoxy) is 2. The molecule has 0 aliphatic rings. The van der Waals surface area contributed by atoms with Gasteiger partial charge < -0.3 is 25.2 Å². The Balaban J connectivity index is 4.23. The summed E-state index contributed by atoms with van der Waals surface area (Å²) in [6.07, 6.45) is 46.7. The molecule has 0 heterocycles. The van der Waals surface area contributed by atoms with Gasteiger partial charge in [0.25, 0.3) is 0 Å². The number of unbranched alkanes of at least 4 members (excludes halogenated alkanes) is 28. The summed E-state index contributed by atoms with van der Waals surface area (Å²) in [6.45, 7) is 2.80. The summed E-state index contributed by atoms with van der Waals surface area (Å²) in [5.41, 5.74) is 5.34. The molecule has 3 atom stereocenters. The molecule has 12 heteroatoms. The van der Waals surface area contributed by atoms with Gasteiger partial charge in [-0.25, -0.2) is 4.57 Å². The molecule has 0 aromatic rings. The Morgan fingerprint density at radius 1 is 0.500 bits per heavy atom. The molecule has 0 aliphatic carbocycles. The van der Waals surface area contributed by atoms with Gasteiger partial charge in [0, 0.05) is 12.8 Å². The fourth-order valence-electron chi connectivity index (χ4n) is 6.81. The number of carboxylic acids is 1. The molecule has 0 aromatic heterocycles. The first-order valence-electron chi connectivity index (χ1n) is 24.4. The second-order valence-electron chi connectivity index (χ2n) is 16.6. The van der Waals surface area contributed by atoms with Crippen LogP contribution in [0.25, 0.3) is 0 Å². The van der Waals surface area contributed by atoms with Gasteiger partial charge in [-0.1, -0.05) is 186 Å². The van der Waals surface area contributed by atoms with Gasteiger partial charge in [0.2, 0.25) is 0 Å². The summed E-state index contributed by atoms with van der Waals surface area (Å²) < 4.78 is 32.8. The summed E-state index contributed by atoms with van der Waals surface area (Å²) in [4.78, 5) is 46.1. The van der Waals surface area contributed by atoms with E-state index in [4.69, 9.17) is 24.8 Å². The van der Waals surface area contributed by atoms with Crippen LogP contribution in [0, 0.1) is 0 Å². The van der Waals surface area contributed by atoms with Crippen molar-refractivity contribution in [2.45, 2.75) is 244 Å². The van der Waals surface area contributed by atoms with E-state index in [0.29, 0.717) is 12.8 Å². The van der Waals surface area contributed by atoms with E-state index in [1.54, 1.807) is 0 Å². The maximum absolute atomic E-state index is 12.6. The summed E-state index contributed by atoms with van der Waals surface area (Å²) in [5.74, 6) is -2.37. The molecular weight excluding hydrogens is 781 g/mol. The predicted octanol–water partition coefficient (Wildman–Crippen LogP) is 13.4. The lowest BCUT2D eigenvalue weighted by molar-refractivity contribution is -0.161. The van der Waals surface area contributed by atoms with Crippen LogP contribution in [0.2, 0.25) is 0 Å². The number of aliphatic carboxylic acids is 1. The van der Waals surface area contributed by atoms with Crippen LogP contribution >= 0.6 is 7.82 Å². The van der Waals surface area contributed by atoms with Crippen molar-refractivity contribution in [3.63, 3.8) is 0 Å². The number of allylic oxidation sites excluding steroid dienone is 4. The number of phosphoric acid groups is 1. The maximum atomic E-state index is 12.6. The van der Waals surface area contributed by atoms with Gasteiger partial charge in [-0.3, -0.25) is 23.4 Å². The number of esters is 2. The second kappa shape index (κ2) is 43.6. The van der Waals surface area contributed by atoms with Crippen molar-refractivity contribution in [1.82, 2.24) is 0 Å². The molecular formula is C48H90NO10P. The lowest BCUT2D eigenvalue weighted by atomic mass is 10.0. The van der Waals surface area contributed by atoms with Crippen LogP contribution in [0.4, 0.5) is 0 Å². The van der Waals surface area contributed by atoms with Crippen molar-refractivity contribution in [2.75, 3.05) is 19.8 Å². The molecule has 0 rings (SSSR count). The first kappa shape index (κ1) is 58.0. The molecule has 0 aromatic carbocycles. The summed E-state index contributed by atoms with van der Waals surface area (Å²) in [5, 5.41) is 8.91. The van der Waals surface area contributed by atoms with Gasteiger partial charge in [0.1, 0.15) is 12.6 Å². The average Bonchev–Trinajstić information content (AvgIpc) is 3.22. The molecule has 0 aliphatic heterocycles. The summed E-state index contributed by atoms with van der Waals surface area (Å²) >= 11 is 0. The largest absolute Gasteiger partial charge is 0.480 e. The third kappa shape index (κ3) is 42.6. The molecule has 1 unspecified atom stereocenters. The zero-order chi connectivity index (χ0) is 44.2. The molecule has 4 N–H and O–H groups in total. The number of hydrogen-bond donors (Lipinski definition) is 3. The van der Waals surface area contributed by atoms with Crippen LogP contribution in [0.5, 0.6) is 0 Å². The Kier molecular flexibility index (Phi) is 42.1. The number of hydrogen-bond acceptors (Lipinski definition) is 9. The molecule has 0 fully saturated rings. The van der Waals surface area contributed by atoms with Crippen molar-refractivity contribution in [1.29, 1.82) is 0 Å². The first-order chi connectivity index (χ1) is 29.1. The predicted molar refractivity (Wildman–Crippen MR) is 245 cm³/mol. The normalized spacial score (nSPS) is 13.8. The highest BCUT2D eigenvalue weighted by Crippen LogP contribution is 2.43. The minimum atomic E-state index is -4.72. The second-order valence-corrected chi connectivity index (χ2v) is 18.0. The molecule has 60 heavy (non-hydrogen) atoms. The van der Waals surface area contributed by atoms with Gasteiger partial charge >= 0.3 is 25.7 Å². The molecule has 0 spiro atoms. The van der Waals surface area contributed by atoms with Gasteiger partial charge in [0.05, 0.1) is 13.2 Å². The Morgan fingerprint density at radius 2 is 0.850 bits per heavy atom. The standard InChI is InChI=1S/C48H90NO10P/c1-3-5-7-9-11-13-15-17-19-20-21-22-23-24-26-27-29-31-33-35-37-39-46(50)56-41-44(42-57-60(54,55)58-43-45(49)48(52)53)59-47(51)40-38-36-34-32-30-28-25-18-16-14-12-10-8-6-4-2/h10,12,17,19,44-45H,3-9,11,13-16,18,20-43,49H2,1-2H3,(H,52,53)(H,54,55)/b12-10+,19-17+/t44-,45-/m0/s1. The smallest absolute Gasteiger partial charge is 0.472 e. The fourth-order valence-corrected chi connectivity index (χ4v) is 7.58.